The van der Waals surface area contributed by atoms with Crippen molar-refractivity contribution in [3.8, 4) is 17.5 Å². The lowest BCUT2D eigenvalue weighted by Gasteiger charge is -2.30. The van der Waals surface area contributed by atoms with E-state index in [-0.39, 0.29) is 6.04 Å². The Labute approximate surface area is 114 Å². The molecule has 1 N–H and O–H groups in total. The van der Waals surface area contributed by atoms with Crippen LogP contribution >= 0.6 is 11.3 Å². The molecule has 0 amide bonds. The Morgan fingerprint density at radius 2 is 2.58 bits per heavy atom. The fourth-order valence-electron chi connectivity index (χ4n) is 2.07. The quantitative estimate of drug-likeness (QED) is 0.903. The highest BCUT2D eigenvalue weighted by atomic mass is 32.1. The molecule has 1 aliphatic heterocycles. The summed E-state index contributed by atoms with van der Waals surface area (Å²) in [5.41, 5.74) is 0.945. The highest BCUT2D eigenvalue weighted by Gasteiger charge is 2.23. The number of piperazine rings is 1. The highest BCUT2D eigenvalue weighted by molar-refractivity contribution is 7.08. The average Bonchev–Trinajstić information content (AvgIpc) is 3.09. The summed E-state index contributed by atoms with van der Waals surface area (Å²) in [6.07, 6.45) is 0. The Morgan fingerprint density at radius 3 is 3.37 bits per heavy atom. The van der Waals surface area contributed by atoms with Gasteiger partial charge in [0.15, 0.2) is 5.82 Å². The van der Waals surface area contributed by atoms with E-state index in [2.05, 4.69) is 26.4 Å². The molecular formula is C12H13N5OS. The zero-order chi connectivity index (χ0) is 13.1. The third kappa shape index (κ3) is 2.66. The monoisotopic (exact) mass is 275 g/mol. The lowest BCUT2D eigenvalue weighted by molar-refractivity contribution is 0.183. The molecule has 0 aliphatic carbocycles. The number of nitrogens with zero attached hydrogens (tertiary/aromatic N) is 4. The molecule has 3 rings (SSSR count). The zero-order valence-electron chi connectivity index (χ0n) is 10.2. The molecule has 1 aliphatic rings. The van der Waals surface area contributed by atoms with E-state index in [0.717, 1.165) is 18.7 Å². The van der Waals surface area contributed by atoms with E-state index < -0.39 is 0 Å². The molecule has 1 unspecified atom stereocenters. The van der Waals surface area contributed by atoms with Crippen LogP contribution in [-0.2, 0) is 6.54 Å². The summed E-state index contributed by atoms with van der Waals surface area (Å²) in [5, 5.41) is 20.2. The second kappa shape index (κ2) is 5.48. The summed E-state index contributed by atoms with van der Waals surface area (Å²) in [4.78, 5) is 6.44. The average molecular weight is 275 g/mol. The van der Waals surface area contributed by atoms with Gasteiger partial charge in [0, 0.05) is 25.0 Å². The number of hydrogen-bond acceptors (Lipinski definition) is 7. The predicted octanol–water partition coefficient (Wildman–Crippen LogP) is 1.10. The van der Waals surface area contributed by atoms with Gasteiger partial charge in [-0.15, -0.1) is 0 Å². The first-order valence-corrected chi connectivity index (χ1v) is 7.00. The van der Waals surface area contributed by atoms with Crippen LogP contribution in [0, 0.1) is 11.3 Å². The maximum Gasteiger partial charge on any atom is 0.258 e. The zero-order valence-corrected chi connectivity index (χ0v) is 11.1. The summed E-state index contributed by atoms with van der Waals surface area (Å²) in [7, 11) is 0. The van der Waals surface area contributed by atoms with Crippen LogP contribution in [0.1, 0.15) is 5.82 Å². The lowest BCUT2D eigenvalue weighted by Crippen LogP contribution is -2.50. The number of thiophene rings is 1. The maximum absolute atomic E-state index is 9.10. The molecular weight excluding hydrogens is 262 g/mol. The van der Waals surface area contributed by atoms with Crippen LogP contribution in [0.4, 0.5) is 0 Å². The number of hydrogen-bond donors (Lipinski definition) is 1. The van der Waals surface area contributed by atoms with Gasteiger partial charge >= 0.3 is 0 Å². The van der Waals surface area contributed by atoms with Crippen molar-refractivity contribution in [1.82, 2.24) is 20.4 Å². The van der Waals surface area contributed by atoms with Crippen molar-refractivity contribution >= 4 is 11.3 Å². The molecule has 3 heterocycles. The van der Waals surface area contributed by atoms with Crippen LogP contribution in [-0.4, -0.2) is 40.7 Å². The smallest absolute Gasteiger partial charge is 0.258 e. The first-order valence-electron chi connectivity index (χ1n) is 6.06. The summed E-state index contributed by atoms with van der Waals surface area (Å²) < 4.78 is 5.24. The number of rotatable bonds is 3. The lowest BCUT2D eigenvalue weighted by atomic mass is 10.2. The Morgan fingerprint density at radius 1 is 1.63 bits per heavy atom. The van der Waals surface area contributed by atoms with Crippen molar-refractivity contribution in [3.05, 3.63) is 22.7 Å². The van der Waals surface area contributed by atoms with Gasteiger partial charge in [0.2, 0.25) is 0 Å². The Hall–Kier alpha value is -1.75. The molecule has 2 aromatic heterocycles. The number of aromatic nitrogens is 2. The van der Waals surface area contributed by atoms with Crippen molar-refractivity contribution in [3.63, 3.8) is 0 Å². The van der Waals surface area contributed by atoms with Crippen molar-refractivity contribution in [2.75, 3.05) is 19.6 Å². The van der Waals surface area contributed by atoms with Crippen molar-refractivity contribution < 1.29 is 4.52 Å². The first kappa shape index (κ1) is 12.3. The minimum absolute atomic E-state index is 0.128. The van der Waals surface area contributed by atoms with E-state index in [0.29, 0.717) is 24.8 Å². The van der Waals surface area contributed by atoms with Gasteiger partial charge in [0.25, 0.3) is 5.89 Å². The van der Waals surface area contributed by atoms with Gasteiger partial charge in [-0.3, -0.25) is 4.90 Å². The van der Waals surface area contributed by atoms with E-state index in [9.17, 15) is 0 Å². The fourth-order valence-corrected chi connectivity index (χ4v) is 2.70. The van der Waals surface area contributed by atoms with Crippen molar-refractivity contribution in [1.29, 1.82) is 5.26 Å². The molecule has 6 nitrogen and oxygen atoms in total. The Balaban J connectivity index is 1.72. The molecule has 0 aromatic carbocycles. The van der Waals surface area contributed by atoms with E-state index in [1.807, 2.05) is 16.8 Å². The maximum atomic E-state index is 9.10. The third-order valence-electron chi connectivity index (χ3n) is 3.08. The Bertz CT molecular complexity index is 573. The van der Waals surface area contributed by atoms with Gasteiger partial charge in [-0.2, -0.15) is 21.6 Å². The van der Waals surface area contributed by atoms with Crippen molar-refractivity contribution in [2.24, 2.45) is 0 Å². The molecule has 0 saturated carbocycles. The van der Waals surface area contributed by atoms with Gasteiger partial charge < -0.3 is 9.84 Å². The number of nitriles is 1. The first-order chi connectivity index (χ1) is 9.36. The Kier molecular flexibility index (Phi) is 3.55. The van der Waals surface area contributed by atoms with Crippen LogP contribution in [0.5, 0.6) is 0 Å². The van der Waals surface area contributed by atoms with Crippen molar-refractivity contribution in [2.45, 2.75) is 12.6 Å². The predicted molar refractivity (Wildman–Crippen MR) is 70.3 cm³/mol. The normalized spacial score (nSPS) is 20.3. The van der Waals surface area contributed by atoms with E-state index >= 15 is 0 Å². The molecule has 0 spiro atoms. The van der Waals surface area contributed by atoms with Gasteiger partial charge in [-0.1, -0.05) is 5.16 Å². The third-order valence-corrected chi connectivity index (χ3v) is 3.77. The van der Waals surface area contributed by atoms with Gasteiger partial charge in [-0.05, 0) is 11.4 Å². The molecule has 1 saturated heterocycles. The number of nitrogens with one attached hydrogen (secondary N) is 1. The van der Waals surface area contributed by atoms with E-state index in [1.165, 1.54) is 0 Å². The molecule has 98 valence electrons. The van der Waals surface area contributed by atoms with Crippen LogP contribution in [0.3, 0.4) is 0 Å². The summed E-state index contributed by atoms with van der Waals surface area (Å²) >= 11 is 1.59. The van der Waals surface area contributed by atoms with E-state index in [4.69, 9.17) is 9.78 Å². The molecule has 2 aromatic rings. The van der Waals surface area contributed by atoms with Crippen LogP contribution in [0.25, 0.3) is 11.5 Å². The van der Waals surface area contributed by atoms with Crippen LogP contribution in [0.15, 0.2) is 21.3 Å². The molecule has 1 atom stereocenters. The molecule has 19 heavy (non-hydrogen) atoms. The standard InChI is InChI=1S/C12H13N5OS/c13-5-10-6-14-2-3-17(10)7-11-15-12(18-16-11)9-1-4-19-8-9/h1,4,8,10,14H,2-3,6-7H2. The molecule has 0 radical (unpaired) electrons. The summed E-state index contributed by atoms with van der Waals surface area (Å²) in [6.45, 7) is 2.94. The highest BCUT2D eigenvalue weighted by Crippen LogP contribution is 2.20. The molecule has 0 bridgehead atoms. The van der Waals surface area contributed by atoms with Gasteiger partial charge in [0.05, 0.1) is 18.2 Å². The minimum atomic E-state index is -0.128. The van der Waals surface area contributed by atoms with Gasteiger partial charge in [0.1, 0.15) is 6.04 Å². The SMILES string of the molecule is N#CC1CNCCN1Cc1noc(-c2ccsc2)n1. The second-order valence-corrected chi connectivity index (χ2v) is 5.13. The second-order valence-electron chi connectivity index (χ2n) is 4.35. The van der Waals surface area contributed by atoms with Crippen LogP contribution < -0.4 is 5.32 Å². The van der Waals surface area contributed by atoms with Crippen LogP contribution in [0.2, 0.25) is 0 Å². The summed E-state index contributed by atoms with van der Waals surface area (Å²) in [5.74, 6) is 1.17. The fraction of sp³-hybridized carbons (Fsp3) is 0.417. The minimum Gasteiger partial charge on any atom is -0.334 e. The van der Waals surface area contributed by atoms with Gasteiger partial charge in [-0.25, -0.2) is 0 Å². The summed E-state index contributed by atoms with van der Waals surface area (Å²) in [6, 6.07) is 4.11. The molecule has 7 heteroatoms. The largest absolute Gasteiger partial charge is 0.334 e. The molecule has 1 fully saturated rings. The topological polar surface area (TPSA) is 78.0 Å². The van der Waals surface area contributed by atoms with E-state index in [1.54, 1.807) is 11.3 Å².